The summed E-state index contributed by atoms with van der Waals surface area (Å²) in [5, 5.41) is 0. The van der Waals surface area contributed by atoms with Crippen LogP contribution in [-0.2, 0) is 29.3 Å². The van der Waals surface area contributed by atoms with Gasteiger partial charge in [0, 0.05) is 17.5 Å². The Morgan fingerprint density at radius 3 is 2.16 bits per heavy atom. The summed E-state index contributed by atoms with van der Waals surface area (Å²) < 4.78 is 45.6. The number of amides is 1. The quantitative estimate of drug-likeness (QED) is 0.700. The Hall–Kier alpha value is -1.86. The van der Waals surface area contributed by atoms with Gasteiger partial charge in [-0.3, -0.25) is 0 Å². The summed E-state index contributed by atoms with van der Waals surface area (Å²) in [5.41, 5.74) is -1.89. The van der Waals surface area contributed by atoms with E-state index in [0.717, 1.165) is 0 Å². The second-order valence-corrected chi connectivity index (χ2v) is 8.22. The van der Waals surface area contributed by atoms with Gasteiger partial charge < -0.3 is 9.64 Å². The highest BCUT2D eigenvalue weighted by Crippen LogP contribution is 2.35. The minimum Gasteiger partial charge on any atom is -0.444 e. The number of alkyl halides is 3. The lowest BCUT2D eigenvalue weighted by molar-refractivity contribution is -0.142. The number of fused-ring (bicyclic) bond motifs is 1. The number of hydrogen-bond donors (Lipinski definition) is 0. The molecule has 2 rings (SSSR count). The molecule has 0 aromatic carbocycles. The summed E-state index contributed by atoms with van der Waals surface area (Å²) in [6, 6.07) is 0. The third-order valence-electron chi connectivity index (χ3n) is 3.66. The fourth-order valence-corrected chi connectivity index (χ4v) is 2.48. The minimum atomic E-state index is -4.55. The van der Waals surface area contributed by atoms with Gasteiger partial charge in [0.05, 0.1) is 12.2 Å². The second kappa shape index (κ2) is 6.14. The Balaban J connectivity index is 2.42. The van der Waals surface area contributed by atoms with Gasteiger partial charge in [-0.1, -0.05) is 20.8 Å². The van der Waals surface area contributed by atoms with Crippen LogP contribution < -0.4 is 0 Å². The normalized spacial score (nSPS) is 15.8. The number of nitrogens with zero attached hydrogens (tertiary/aromatic N) is 3. The van der Waals surface area contributed by atoms with E-state index in [1.165, 1.54) is 4.90 Å². The molecular weight excluding hydrogens is 335 g/mol. The number of ether oxygens (including phenoxy) is 1. The van der Waals surface area contributed by atoms with E-state index in [0.29, 0.717) is 0 Å². The van der Waals surface area contributed by atoms with E-state index in [2.05, 4.69) is 9.97 Å². The molecule has 1 aliphatic rings. The molecule has 0 unspecified atom stereocenters. The second-order valence-electron chi connectivity index (χ2n) is 8.22. The summed E-state index contributed by atoms with van der Waals surface area (Å²) in [4.78, 5) is 21.7. The van der Waals surface area contributed by atoms with E-state index in [4.69, 9.17) is 4.74 Å². The monoisotopic (exact) mass is 359 g/mol. The van der Waals surface area contributed by atoms with Gasteiger partial charge in [-0.25, -0.2) is 14.8 Å². The van der Waals surface area contributed by atoms with Gasteiger partial charge in [0.1, 0.15) is 11.4 Å². The zero-order chi connectivity index (χ0) is 19.2. The predicted molar refractivity (Wildman–Crippen MR) is 86.1 cm³/mol. The Morgan fingerprint density at radius 2 is 1.68 bits per heavy atom. The van der Waals surface area contributed by atoms with Crippen LogP contribution in [0.4, 0.5) is 18.0 Å². The molecule has 25 heavy (non-hydrogen) atoms. The Bertz CT molecular complexity index is 673. The molecule has 0 spiro atoms. The summed E-state index contributed by atoms with van der Waals surface area (Å²) in [6.07, 6.45) is -5.06. The smallest absolute Gasteiger partial charge is 0.433 e. The molecule has 0 radical (unpaired) electrons. The van der Waals surface area contributed by atoms with Crippen molar-refractivity contribution in [1.82, 2.24) is 14.9 Å². The molecule has 1 aliphatic heterocycles. The van der Waals surface area contributed by atoms with Gasteiger partial charge in [-0.15, -0.1) is 0 Å². The van der Waals surface area contributed by atoms with Crippen LogP contribution in [0, 0.1) is 0 Å². The van der Waals surface area contributed by atoms with Crippen molar-refractivity contribution >= 4 is 6.09 Å². The van der Waals surface area contributed by atoms with Crippen molar-refractivity contribution < 1.29 is 22.7 Å². The van der Waals surface area contributed by atoms with Crippen LogP contribution in [0.25, 0.3) is 0 Å². The molecule has 0 saturated heterocycles. The van der Waals surface area contributed by atoms with E-state index in [1.54, 1.807) is 41.5 Å². The maximum atomic E-state index is 13.4. The highest BCUT2D eigenvalue weighted by Gasteiger charge is 2.40. The molecule has 0 fully saturated rings. The van der Waals surface area contributed by atoms with Gasteiger partial charge in [-0.05, 0) is 27.2 Å². The SMILES string of the molecule is CC(C)(C)OC(=O)N1CCc2c(nc(C(C)(C)C)nc2C(F)(F)F)C1. The van der Waals surface area contributed by atoms with E-state index in [9.17, 15) is 18.0 Å². The van der Waals surface area contributed by atoms with Crippen LogP contribution in [0.3, 0.4) is 0 Å². The standard InChI is InChI=1S/C17H24F3N3O2/c1-15(2,3)13-21-11-9-23(14(24)25-16(4,5)6)8-7-10(11)12(22-13)17(18,19)20/h7-9H2,1-6H3. The van der Waals surface area contributed by atoms with Crippen LogP contribution in [0.1, 0.15) is 64.3 Å². The lowest BCUT2D eigenvalue weighted by Crippen LogP contribution is -2.41. The summed E-state index contributed by atoms with van der Waals surface area (Å²) in [6.45, 7) is 10.6. The molecule has 140 valence electrons. The number of rotatable bonds is 0. The topological polar surface area (TPSA) is 55.3 Å². The molecule has 0 bridgehead atoms. The average molecular weight is 359 g/mol. The molecule has 2 heterocycles. The largest absolute Gasteiger partial charge is 0.444 e. The van der Waals surface area contributed by atoms with Crippen molar-refractivity contribution in [3.05, 3.63) is 22.8 Å². The summed E-state index contributed by atoms with van der Waals surface area (Å²) in [7, 11) is 0. The van der Waals surface area contributed by atoms with Crippen molar-refractivity contribution in [3.8, 4) is 0 Å². The van der Waals surface area contributed by atoms with E-state index in [-0.39, 0.29) is 36.6 Å². The lowest BCUT2D eigenvalue weighted by atomic mass is 9.94. The summed E-state index contributed by atoms with van der Waals surface area (Å²) >= 11 is 0. The van der Waals surface area contributed by atoms with Gasteiger partial charge in [0.2, 0.25) is 0 Å². The van der Waals surface area contributed by atoms with Crippen molar-refractivity contribution in [2.75, 3.05) is 6.54 Å². The molecule has 1 aromatic heterocycles. The molecule has 0 atom stereocenters. The number of carbonyl (C=O) groups is 1. The van der Waals surface area contributed by atoms with Crippen LogP contribution in [-0.4, -0.2) is 33.1 Å². The predicted octanol–water partition coefficient (Wildman–Crippen LogP) is 4.09. The molecule has 0 aliphatic carbocycles. The van der Waals surface area contributed by atoms with Crippen LogP contribution in [0.2, 0.25) is 0 Å². The lowest BCUT2D eigenvalue weighted by Gasteiger charge is -2.32. The number of hydrogen-bond acceptors (Lipinski definition) is 4. The Labute approximate surface area is 145 Å². The average Bonchev–Trinajstić information content (AvgIpc) is 2.41. The van der Waals surface area contributed by atoms with Crippen molar-refractivity contribution in [2.45, 2.75) is 71.7 Å². The third kappa shape index (κ3) is 4.61. The van der Waals surface area contributed by atoms with Crippen molar-refractivity contribution in [3.63, 3.8) is 0 Å². The molecule has 1 amide bonds. The first-order chi connectivity index (χ1) is 11.2. The summed E-state index contributed by atoms with van der Waals surface area (Å²) in [5.74, 6) is 0.115. The third-order valence-corrected chi connectivity index (χ3v) is 3.66. The van der Waals surface area contributed by atoms with Crippen molar-refractivity contribution in [1.29, 1.82) is 0 Å². The fraction of sp³-hybridized carbons (Fsp3) is 0.706. The van der Waals surface area contributed by atoms with Gasteiger partial charge >= 0.3 is 12.3 Å². The molecular formula is C17H24F3N3O2. The van der Waals surface area contributed by atoms with Crippen molar-refractivity contribution in [2.24, 2.45) is 0 Å². The molecule has 0 saturated carbocycles. The minimum absolute atomic E-state index is 0.0150. The molecule has 8 heteroatoms. The first-order valence-corrected chi connectivity index (χ1v) is 8.14. The van der Waals surface area contributed by atoms with Crippen LogP contribution in [0.5, 0.6) is 0 Å². The number of halogens is 3. The first-order valence-electron chi connectivity index (χ1n) is 8.14. The Kier molecular flexibility index (Phi) is 4.78. The highest BCUT2D eigenvalue weighted by molar-refractivity contribution is 5.68. The zero-order valence-corrected chi connectivity index (χ0v) is 15.4. The number of aromatic nitrogens is 2. The maximum absolute atomic E-state index is 13.4. The van der Waals surface area contributed by atoms with Gasteiger partial charge in [-0.2, -0.15) is 13.2 Å². The van der Waals surface area contributed by atoms with E-state index < -0.39 is 29.0 Å². The van der Waals surface area contributed by atoms with Gasteiger partial charge in [0.25, 0.3) is 0 Å². The molecule has 5 nitrogen and oxygen atoms in total. The fourth-order valence-electron chi connectivity index (χ4n) is 2.48. The first kappa shape index (κ1) is 19.5. The molecule has 1 aromatic rings. The highest BCUT2D eigenvalue weighted by atomic mass is 19.4. The van der Waals surface area contributed by atoms with Gasteiger partial charge in [0.15, 0.2) is 5.69 Å². The van der Waals surface area contributed by atoms with E-state index >= 15 is 0 Å². The van der Waals surface area contributed by atoms with Crippen LogP contribution in [0.15, 0.2) is 0 Å². The van der Waals surface area contributed by atoms with Crippen LogP contribution >= 0.6 is 0 Å². The van der Waals surface area contributed by atoms with E-state index in [1.807, 2.05) is 0 Å². The molecule has 0 N–H and O–H groups in total. The Morgan fingerprint density at radius 1 is 1.08 bits per heavy atom. The maximum Gasteiger partial charge on any atom is 0.433 e. The number of carbonyl (C=O) groups excluding carboxylic acids is 1. The zero-order valence-electron chi connectivity index (χ0n) is 15.4.